The number of carbonyl (C=O) groups excluding carboxylic acids is 1. The van der Waals surface area contributed by atoms with Crippen LogP contribution >= 0.6 is 23.8 Å². The van der Waals surface area contributed by atoms with E-state index in [0.29, 0.717) is 34.8 Å². The highest BCUT2D eigenvalue weighted by molar-refractivity contribution is 7.80. The molecule has 0 unspecified atom stereocenters. The Morgan fingerprint density at radius 3 is 2.85 bits per heavy atom. The lowest BCUT2D eigenvalue weighted by molar-refractivity contribution is 0.0967. The lowest BCUT2D eigenvalue weighted by atomic mass is 9.83. The van der Waals surface area contributed by atoms with Gasteiger partial charge in [0.05, 0.1) is 5.56 Å². The van der Waals surface area contributed by atoms with Crippen molar-refractivity contribution in [2.75, 3.05) is 13.1 Å². The van der Waals surface area contributed by atoms with E-state index in [9.17, 15) is 9.59 Å². The summed E-state index contributed by atoms with van der Waals surface area (Å²) in [6, 6.07) is 8.60. The van der Waals surface area contributed by atoms with E-state index in [1.807, 2.05) is 15.5 Å². The summed E-state index contributed by atoms with van der Waals surface area (Å²) in [6.45, 7) is 2.12. The van der Waals surface area contributed by atoms with Gasteiger partial charge < -0.3 is 9.47 Å². The summed E-state index contributed by atoms with van der Waals surface area (Å²) in [7, 11) is 0. The van der Waals surface area contributed by atoms with E-state index in [0.717, 1.165) is 18.7 Å². The molecule has 6 nitrogen and oxygen atoms in total. The van der Waals surface area contributed by atoms with Crippen molar-refractivity contribution in [2.45, 2.75) is 18.9 Å². The molecule has 1 saturated heterocycles. The van der Waals surface area contributed by atoms with Gasteiger partial charge in [0.1, 0.15) is 5.15 Å². The van der Waals surface area contributed by atoms with Gasteiger partial charge in [-0.2, -0.15) is 0 Å². The molecule has 8 heteroatoms. The number of piperidine rings is 1. The third-order valence-corrected chi connectivity index (χ3v) is 5.56. The van der Waals surface area contributed by atoms with Crippen LogP contribution in [-0.2, 0) is 6.54 Å². The zero-order valence-electron chi connectivity index (χ0n) is 13.9. The summed E-state index contributed by atoms with van der Waals surface area (Å²) in [6.07, 6.45) is 2.46. The minimum atomic E-state index is -0.300. The van der Waals surface area contributed by atoms with Crippen LogP contribution in [-0.4, -0.2) is 38.6 Å². The van der Waals surface area contributed by atoms with Crippen molar-refractivity contribution in [3.05, 3.63) is 63.3 Å². The van der Waals surface area contributed by atoms with Crippen LogP contribution in [0.25, 0.3) is 0 Å². The average Bonchev–Trinajstić information content (AvgIpc) is 2.63. The van der Waals surface area contributed by atoms with Crippen molar-refractivity contribution in [1.82, 2.24) is 19.8 Å². The lowest BCUT2D eigenvalue weighted by Crippen LogP contribution is -2.52. The zero-order chi connectivity index (χ0) is 18.3. The van der Waals surface area contributed by atoms with Gasteiger partial charge in [-0.15, -0.1) is 0 Å². The van der Waals surface area contributed by atoms with Crippen molar-refractivity contribution in [1.29, 1.82) is 0 Å². The number of amides is 1. The van der Waals surface area contributed by atoms with Crippen LogP contribution in [0.1, 0.15) is 28.4 Å². The van der Waals surface area contributed by atoms with Crippen molar-refractivity contribution >= 4 is 34.8 Å². The minimum absolute atomic E-state index is 0.0526. The Morgan fingerprint density at radius 2 is 2.08 bits per heavy atom. The first-order valence-electron chi connectivity index (χ1n) is 8.43. The molecule has 1 N–H and O–H groups in total. The van der Waals surface area contributed by atoms with E-state index < -0.39 is 0 Å². The number of nitrogens with one attached hydrogen (secondary N) is 1. The molecule has 2 bridgehead atoms. The van der Waals surface area contributed by atoms with Gasteiger partial charge in [0, 0.05) is 43.5 Å². The largest absolute Gasteiger partial charge is 0.348 e. The molecule has 4 heterocycles. The lowest BCUT2D eigenvalue weighted by Gasteiger charge is -2.43. The summed E-state index contributed by atoms with van der Waals surface area (Å²) in [5.74, 6) is 0.281. The van der Waals surface area contributed by atoms with E-state index in [1.165, 1.54) is 6.20 Å². The zero-order valence-corrected chi connectivity index (χ0v) is 15.5. The average molecular weight is 389 g/mol. The molecule has 0 saturated carbocycles. The van der Waals surface area contributed by atoms with Crippen LogP contribution in [0.2, 0.25) is 5.15 Å². The van der Waals surface area contributed by atoms with Gasteiger partial charge >= 0.3 is 0 Å². The van der Waals surface area contributed by atoms with Gasteiger partial charge in [-0.1, -0.05) is 17.7 Å². The predicted octanol–water partition coefficient (Wildman–Crippen LogP) is 2.03. The standard InChI is InChI=1S/C18H17ClN4O2S/c19-15-5-4-12(7-20-15)17(25)21-18(26)22-8-11-6-13(10-22)14-2-1-3-16(24)23(14)9-11/h1-5,7,11,13H,6,8-10H2,(H,21,25,26)/t11-,13+/m0/s1. The number of nitrogens with zero attached hydrogens (tertiary/aromatic N) is 3. The van der Waals surface area contributed by atoms with Gasteiger partial charge in [0.25, 0.3) is 11.5 Å². The van der Waals surface area contributed by atoms with Crippen LogP contribution in [0.4, 0.5) is 0 Å². The quantitative estimate of drug-likeness (QED) is 0.598. The Balaban J connectivity index is 1.48. The third-order valence-electron chi connectivity index (χ3n) is 4.98. The van der Waals surface area contributed by atoms with Crippen LogP contribution in [0.3, 0.4) is 0 Å². The molecule has 0 aromatic carbocycles. The number of likely N-dealkylation sites (tertiary alicyclic amines) is 1. The molecule has 2 aliphatic heterocycles. The van der Waals surface area contributed by atoms with E-state index in [2.05, 4.69) is 10.3 Å². The van der Waals surface area contributed by atoms with Crippen molar-refractivity contribution in [2.24, 2.45) is 5.92 Å². The molecule has 1 fully saturated rings. The first-order valence-corrected chi connectivity index (χ1v) is 9.21. The van der Waals surface area contributed by atoms with Crippen LogP contribution in [0, 0.1) is 5.92 Å². The van der Waals surface area contributed by atoms with Gasteiger partial charge in [-0.05, 0) is 42.8 Å². The topological polar surface area (TPSA) is 67.2 Å². The fourth-order valence-electron chi connectivity index (χ4n) is 3.82. The van der Waals surface area contributed by atoms with Crippen molar-refractivity contribution in [3.63, 3.8) is 0 Å². The van der Waals surface area contributed by atoms with Gasteiger partial charge in [0.2, 0.25) is 0 Å². The van der Waals surface area contributed by atoms with E-state index in [4.69, 9.17) is 23.8 Å². The Morgan fingerprint density at radius 1 is 1.23 bits per heavy atom. The highest BCUT2D eigenvalue weighted by atomic mass is 35.5. The maximum Gasteiger partial charge on any atom is 0.258 e. The van der Waals surface area contributed by atoms with Crippen molar-refractivity contribution in [3.8, 4) is 0 Å². The number of pyridine rings is 2. The number of fused-ring (bicyclic) bond motifs is 4. The molecule has 2 aromatic rings. The molecule has 0 spiro atoms. The molecule has 1 amide bonds. The van der Waals surface area contributed by atoms with Gasteiger partial charge in [0.15, 0.2) is 5.11 Å². The number of thiocarbonyl (C=S) groups is 1. The summed E-state index contributed by atoms with van der Waals surface area (Å²) >= 11 is 11.2. The SMILES string of the molecule is O=C(NC(=S)N1C[C@@H]2C[C@H](C1)c1cccc(=O)n1C2)c1ccc(Cl)nc1. The smallest absolute Gasteiger partial charge is 0.258 e. The molecule has 4 rings (SSSR count). The summed E-state index contributed by atoms with van der Waals surface area (Å²) < 4.78 is 1.87. The molecular formula is C18H17ClN4O2S. The second kappa shape index (κ2) is 6.81. The number of halogens is 1. The fourth-order valence-corrected chi connectivity index (χ4v) is 4.17. The second-order valence-electron chi connectivity index (χ2n) is 6.73. The Hall–Kier alpha value is -2.25. The summed E-state index contributed by atoms with van der Waals surface area (Å²) in [4.78, 5) is 30.4. The van der Waals surface area contributed by atoms with Crippen LogP contribution in [0.15, 0.2) is 41.3 Å². The first kappa shape index (κ1) is 17.2. The normalized spacial score (nSPS) is 21.0. The number of hydrogen-bond acceptors (Lipinski definition) is 4. The molecule has 2 aliphatic rings. The minimum Gasteiger partial charge on any atom is -0.348 e. The summed E-state index contributed by atoms with van der Waals surface area (Å²) in [5.41, 5.74) is 1.51. The molecule has 0 aliphatic carbocycles. The highest BCUT2D eigenvalue weighted by Crippen LogP contribution is 2.34. The van der Waals surface area contributed by atoms with Crippen LogP contribution in [0.5, 0.6) is 0 Å². The highest BCUT2D eigenvalue weighted by Gasteiger charge is 2.35. The Kier molecular flexibility index (Phi) is 4.50. The Labute approximate surface area is 160 Å². The first-order chi connectivity index (χ1) is 12.5. The number of carbonyl (C=O) groups is 1. The fraction of sp³-hybridized carbons (Fsp3) is 0.333. The molecule has 26 heavy (non-hydrogen) atoms. The predicted molar refractivity (Wildman–Crippen MR) is 102 cm³/mol. The molecule has 0 radical (unpaired) electrons. The number of rotatable bonds is 1. The number of hydrogen-bond donors (Lipinski definition) is 1. The van der Waals surface area contributed by atoms with Crippen molar-refractivity contribution < 1.29 is 4.79 Å². The monoisotopic (exact) mass is 388 g/mol. The Bertz CT molecular complexity index is 928. The molecular weight excluding hydrogens is 372 g/mol. The maximum absolute atomic E-state index is 12.3. The third kappa shape index (κ3) is 3.24. The maximum atomic E-state index is 12.3. The van der Waals surface area contributed by atoms with Crippen LogP contribution < -0.4 is 10.9 Å². The number of aromatic nitrogens is 2. The molecule has 2 aromatic heterocycles. The van der Waals surface area contributed by atoms with E-state index in [-0.39, 0.29) is 17.4 Å². The van der Waals surface area contributed by atoms with Gasteiger partial charge in [-0.25, -0.2) is 4.98 Å². The van der Waals surface area contributed by atoms with E-state index in [1.54, 1.807) is 24.3 Å². The molecule has 134 valence electrons. The van der Waals surface area contributed by atoms with Gasteiger partial charge in [-0.3, -0.25) is 14.9 Å². The molecule has 2 atom stereocenters. The summed E-state index contributed by atoms with van der Waals surface area (Å²) in [5, 5.41) is 3.52. The second-order valence-corrected chi connectivity index (χ2v) is 7.51. The van der Waals surface area contributed by atoms with E-state index >= 15 is 0 Å².